The topological polar surface area (TPSA) is 44.8 Å². The third kappa shape index (κ3) is 6.19. The molecular formula is C29H32O4. The molecule has 3 aromatic rings. The maximum atomic E-state index is 11.4. The predicted molar refractivity (Wildman–Crippen MR) is 131 cm³/mol. The molecule has 0 heterocycles. The largest absolute Gasteiger partial charge is 0.460 e. The van der Waals surface area contributed by atoms with Crippen molar-refractivity contribution in [1.82, 2.24) is 0 Å². The molecule has 0 saturated carbocycles. The average molecular weight is 445 g/mol. The second kappa shape index (κ2) is 12.1. The van der Waals surface area contributed by atoms with E-state index in [1.807, 2.05) is 36.4 Å². The maximum Gasteiger partial charge on any atom is 0.333 e. The summed E-state index contributed by atoms with van der Waals surface area (Å²) >= 11 is 0. The highest BCUT2D eigenvalue weighted by Crippen LogP contribution is 2.40. The minimum absolute atomic E-state index is 0.208. The first-order valence-electron chi connectivity index (χ1n) is 11.3. The van der Waals surface area contributed by atoms with Crippen molar-refractivity contribution in [3.05, 3.63) is 119 Å². The minimum atomic E-state index is -0.700. The number of ether oxygens (including phenoxy) is 3. The highest BCUT2D eigenvalue weighted by molar-refractivity contribution is 5.86. The van der Waals surface area contributed by atoms with Crippen molar-refractivity contribution in [3.8, 4) is 0 Å². The van der Waals surface area contributed by atoms with Gasteiger partial charge >= 0.3 is 5.97 Å². The lowest BCUT2D eigenvalue weighted by Crippen LogP contribution is -2.33. The molecule has 0 aliphatic carbocycles. The summed E-state index contributed by atoms with van der Waals surface area (Å²) in [7, 11) is 0. The van der Waals surface area contributed by atoms with E-state index in [-0.39, 0.29) is 6.61 Å². The Morgan fingerprint density at radius 1 is 0.788 bits per heavy atom. The zero-order valence-corrected chi connectivity index (χ0v) is 19.5. The molecule has 0 unspecified atom stereocenters. The van der Waals surface area contributed by atoms with E-state index in [0.717, 1.165) is 28.7 Å². The van der Waals surface area contributed by atoms with Crippen LogP contribution in [-0.4, -0.2) is 25.8 Å². The van der Waals surface area contributed by atoms with Crippen LogP contribution in [-0.2, 0) is 31.2 Å². The van der Waals surface area contributed by atoms with Crippen LogP contribution in [0.5, 0.6) is 0 Å². The number of carbonyl (C=O) groups is 1. The predicted octanol–water partition coefficient (Wildman–Crippen LogP) is 6.04. The van der Waals surface area contributed by atoms with Crippen molar-refractivity contribution < 1.29 is 19.0 Å². The van der Waals surface area contributed by atoms with Gasteiger partial charge in [-0.05, 0) is 35.6 Å². The smallest absolute Gasteiger partial charge is 0.333 e. The van der Waals surface area contributed by atoms with Crippen LogP contribution in [0.25, 0.3) is 0 Å². The van der Waals surface area contributed by atoms with Gasteiger partial charge in [0.25, 0.3) is 0 Å². The molecule has 4 heteroatoms. The number of benzene rings is 3. The summed E-state index contributed by atoms with van der Waals surface area (Å²) in [6, 6.07) is 29.0. The molecule has 172 valence electrons. The Morgan fingerprint density at radius 3 is 1.85 bits per heavy atom. The van der Waals surface area contributed by atoms with Crippen LogP contribution < -0.4 is 0 Å². The van der Waals surface area contributed by atoms with Crippen LogP contribution in [0.3, 0.4) is 0 Å². The summed E-state index contributed by atoms with van der Waals surface area (Å²) < 4.78 is 17.4. The highest BCUT2D eigenvalue weighted by atomic mass is 16.6. The van der Waals surface area contributed by atoms with Crippen LogP contribution in [0.4, 0.5) is 0 Å². The molecule has 0 atom stereocenters. The third-order valence-electron chi connectivity index (χ3n) is 5.32. The number of carbonyl (C=O) groups excluding carboxylic acids is 1. The summed E-state index contributed by atoms with van der Waals surface area (Å²) in [5, 5.41) is 0. The zero-order valence-electron chi connectivity index (χ0n) is 19.5. The Bertz CT molecular complexity index is 971. The highest BCUT2D eigenvalue weighted by Gasteiger charge is 2.37. The standard InChI is InChI=1S/C29H32O4/c1-4-19-33-29(25-11-7-5-8-12-25,26-13-9-6-10-14-26)27-17-15-24(16-18-27)22-31-20-21-32-28(30)23(2)3/h5-18H,2,4,19-22H2,1,3H3. The molecule has 33 heavy (non-hydrogen) atoms. The van der Waals surface area contributed by atoms with Crippen LogP contribution in [0.2, 0.25) is 0 Å². The van der Waals surface area contributed by atoms with Gasteiger partial charge in [0.05, 0.1) is 13.2 Å². The van der Waals surface area contributed by atoms with Crippen LogP contribution in [0.15, 0.2) is 97.1 Å². The molecule has 0 aliphatic heterocycles. The normalized spacial score (nSPS) is 11.2. The van der Waals surface area contributed by atoms with Gasteiger partial charge < -0.3 is 14.2 Å². The van der Waals surface area contributed by atoms with Crippen LogP contribution in [0.1, 0.15) is 42.5 Å². The second-order valence-corrected chi connectivity index (χ2v) is 7.93. The van der Waals surface area contributed by atoms with Gasteiger partial charge in [0, 0.05) is 12.2 Å². The van der Waals surface area contributed by atoms with E-state index < -0.39 is 11.6 Å². The Kier molecular flexibility index (Phi) is 8.99. The van der Waals surface area contributed by atoms with E-state index in [1.54, 1.807) is 6.92 Å². The fourth-order valence-corrected chi connectivity index (χ4v) is 3.69. The summed E-state index contributed by atoms with van der Waals surface area (Å²) in [4.78, 5) is 11.4. The lowest BCUT2D eigenvalue weighted by molar-refractivity contribution is -0.140. The van der Waals surface area contributed by atoms with Gasteiger partial charge in [-0.15, -0.1) is 0 Å². The SMILES string of the molecule is C=C(C)C(=O)OCCOCc1ccc(C(OCCC)(c2ccccc2)c2ccccc2)cc1. The molecule has 0 aliphatic rings. The summed E-state index contributed by atoms with van der Waals surface area (Å²) in [5.74, 6) is -0.395. The number of esters is 1. The number of hydrogen-bond acceptors (Lipinski definition) is 4. The quantitative estimate of drug-likeness (QED) is 0.148. The van der Waals surface area contributed by atoms with Gasteiger partial charge in [-0.1, -0.05) is 98.4 Å². The van der Waals surface area contributed by atoms with E-state index in [0.29, 0.717) is 25.4 Å². The van der Waals surface area contributed by atoms with Gasteiger partial charge in [-0.25, -0.2) is 4.79 Å². The molecular weight excluding hydrogens is 412 g/mol. The first-order chi connectivity index (χ1) is 16.1. The van der Waals surface area contributed by atoms with E-state index in [4.69, 9.17) is 14.2 Å². The molecule has 0 saturated heterocycles. The molecule has 4 nitrogen and oxygen atoms in total. The summed E-state index contributed by atoms with van der Waals surface area (Å²) in [6.45, 7) is 8.92. The summed E-state index contributed by atoms with van der Waals surface area (Å²) in [5.41, 5.74) is 3.97. The molecule has 0 fully saturated rings. The van der Waals surface area contributed by atoms with Gasteiger partial charge in [0.1, 0.15) is 12.2 Å². The number of rotatable bonds is 12. The van der Waals surface area contributed by atoms with E-state index >= 15 is 0 Å². The van der Waals surface area contributed by atoms with Crippen molar-refractivity contribution in [3.63, 3.8) is 0 Å². The zero-order chi connectivity index (χ0) is 23.5. The van der Waals surface area contributed by atoms with Crippen molar-refractivity contribution in [2.24, 2.45) is 0 Å². The van der Waals surface area contributed by atoms with E-state index in [9.17, 15) is 4.79 Å². The monoisotopic (exact) mass is 444 g/mol. The van der Waals surface area contributed by atoms with Crippen molar-refractivity contribution in [1.29, 1.82) is 0 Å². The minimum Gasteiger partial charge on any atom is -0.460 e. The molecule has 0 radical (unpaired) electrons. The molecule has 0 bridgehead atoms. The molecule has 0 amide bonds. The lowest BCUT2D eigenvalue weighted by atomic mass is 9.80. The second-order valence-electron chi connectivity index (χ2n) is 7.93. The Balaban J connectivity index is 1.81. The van der Waals surface area contributed by atoms with Crippen LogP contribution >= 0.6 is 0 Å². The van der Waals surface area contributed by atoms with Crippen molar-refractivity contribution in [2.75, 3.05) is 19.8 Å². The Labute approximate surface area is 196 Å². The summed E-state index contributed by atoms with van der Waals surface area (Å²) in [6.07, 6.45) is 0.920. The molecule has 0 spiro atoms. The van der Waals surface area contributed by atoms with E-state index in [2.05, 4.69) is 62.0 Å². The van der Waals surface area contributed by atoms with Gasteiger partial charge in [-0.3, -0.25) is 0 Å². The molecule has 0 aromatic heterocycles. The fraction of sp³-hybridized carbons (Fsp3) is 0.276. The van der Waals surface area contributed by atoms with Crippen molar-refractivity contribution in [2.45, 2.75) is 32.5 Å². The fourth-order valence-electron chi connectivity index (χ4n) is 3.69. The number of hydrogen-bond donors (Lipinski definition) is 0. The first-order valence-corrected chi connectivity index (χ1v) is 11.3. The van der Waals surface area contributed by atoms with Crippen molar-refractivity contribution >= 4 is 5.97 Å². The van der Waals surface area contributed by atoms with Gasteiger partial charge in [-0.2, -0.15) is 0 Å². The van der Waals surface area contributed by atoms with Gasteiger partial charge in [0.15, 0.2) is 0 Å². The first kappa shape index (κ1) is 24.4. The van der Waals surface area contributed by atoms with Gasteiger partial charge in [0.2, 0.25) is 0 Å². The average Bonchev–Trinajstić information content (AvgIpc) is 2.86. The molecule has 3 aromatic carbocycles. The maximum absolute atomic E-state index is 11.4. The van der Waals surface area contributed by atoms with Crippen LogP contribution in [0, 0.1) is 0 Å². The molecule has 3 rings (SSSR count). The van der Waals surface area contributed by atoms with E-state index in [1.165, 1.54) is 0 Å². The molecule has 0 N–H and O–H groups in total. The lowest BCUT2D eigenvalue weighted by Gasteiger charge is -2.36. The Hall–Kier alpha value is -3.21. The Morgan fingerprint density at radius 2 is 1.33 bits per heavy atom. The third-order valence-corrected chi connectivity index (χ3v) is 5.32.